The first-order valence-corrected chi connectivity index (χ1v) is 8.19. The Kier molecular flexibility index (Phi) is 11.5. The number of phosphoric ester groups is 1. The van der Waals surface area contributed by atoms with Gasteiger partial charge in [0.15, 0.2) is 0 Å². The van der Waals surface area contributed by atoms with E-state index in [1.54, 1.807) is 24.3 Å². The summed E-state index contributed by atoms with van der Waals surface area (Å²) < 4.78 is 25.0. The van der Waals surface area contributed by atoms with Crippen LogP contribution in [0.5, 0.6) is 5.75 Å². The molecule has 0 radical (unpaired) electrons. The molecule has 1 aliphatic heterocycles. The monoisotopic (exact) mass is 394 g/mol. The number of aliphatic hydroxyl groups is 3. The third-order valence-corrected chi connectivity index (χ3v) is 4.02. The van der Waals surface area contributed by atoms with E-state index in [4.69, 9.17) is 9.47 Å². The number of aliphatic hydroxyl groups excluding tert-OH is 3. The minimum atomic E-state index is -5.25. The maximum Gasteiger partial charge on any atom is 1.00 e. The molecule has 3 N–H and O–H groups in total. The second-order valence-corrected chi connectivity index (χ2v) is 6.24. The smallest absolute Gasteiger partial charge is 0.790 e. The van der Waals surface area contributed by atoms with E-state index in [2.05, 4.69) is 4.52 Å². The van der Waals surface area contributed by atoms with E-state index in [0.717, 1.165) is 0 Å². The summed E-state index contributed by atoms with van der Waals surface area (Å²) in [4.78, 5) is 21.1. The second kappa shape index (κ2) is 11.1. The molecule has 0 saturated carbocycles. The van der Waals surface area contributed by atoms with Crippen LogP contribution in [0.1, 0.15) is 11.7 Å². The average Bonchev–Trinajstić information content (AvgIpc) is 2.51. The van der Waals surface area contributed by atoms with Crippen molar-refractivity contribution < 1.29 is 103 Å². The zero-order valence-corrected chi connectivity index (χ0v) is 19.0. The molecule has 1 saturated heterocycles. The molecule has 0 spiro atoms. The van der Waals surface area contributed by atoms with Crippen LogP contribution in [0.15, 0.2) is 24.3 Å². The molecule has 5 unspecified atom stereocenters. The Bertz CT molecular complexity index is 567. The first-order chi connectivity index (χ1) is 10.7. The quantitative estimate of drug-likeness (QED) is 0.327. The largest absolute Gasteiger partial charge is 1.00 e. The van der Waals surface area contributed by atoms with Gasteiger partial charge in [0, 0.05) is 0 Å². The number of benzene rings is 1. The molecular formula is C13H17Na2O9P. The van der Waals surface area contributed by atoms with E-state index in [0.29, 0.717) is 11.3 Å². The van der Waals surface area contributed by atoms with Crippen LogP contribution in [0.4, 0.5) is 0 Å². The Labute approximate surface area is 189 Å². The zero-order valence-electron chi connectivity index (χ0n) is 14.1. The Balaban J connectivity index is 0.00000288. The zero-order chi connectivity index (χ0) is 17.2. The number of rotatable bonds is 5. The van der Waals surface area contributed by atoms with Crippen LogP contribution in [0.3, 0.4) is 0 Å². The predicted octanol–water partition coefficient (Wildman–Crippen LogP) is -7.93. The molecule has 1 fully saturated rings. The fourth-order valence-electron chi connectivity index (χ4n) is 2.32. The third-order valence-electron chi connectivity index (χ3n) is 3.55. The van der Waals surface area contributed by atoms with E-state index in [-0.39, 0.29) is 59.1 Å². The van der Waals surface area contributed by atoms with Gasteiger partial charge in [0.2, 0.25) is 0 Å². The second-order valence-electron chi connectivity index (χ2n) is 5.08. The normalized spacial score (nSPS) is 29.3. The standard InChI is InChI=1S/C13H19O9P.2Na/c1-20-8-4-2-7(3-5-8)13-12(16)11(15)10(14)9(22-13)6-21-23(17,18)19;;/h2-5,9-16H,6H2,1H3,(H2,17,18,19);;/q;2*+1/p-2. The van der Waals surface area contributed by atoms with E-state index in [1.807, 2.05) is 0 Å². The van der Waals surface area contributed by atoms with Gasteiger partial charge in [-0.05, 0) is 17.7 Å². The molecule has 1 aliphatic rings. The van der Waals surface area contributed by atoms with Crippen molar-refractivity contribution >= 4 is 7.82 Å². The van der Waals surface area contributed by atoms with Gasteiger partial charge in [0.1, 0.15) is 36.3 Å². The molecule has 9 nitrogen and oxygen atoms in total. The number of hydrogen-bond donors (Lipinski definition) is 3. The summed E-state index contributed by atoms with van der Waals surface area (Å²) in [6.45, 7) is -0.762. The van der Waals surface area contributed by atoms with E-state index >= 15 is 0 Å². The minimum Gasteiger partial charge on any atom is -0.790 e. The van der Waals surface area contributed by atoms with Crippen molar-refractivity contribution in [3.05, 3.63) is 29.8 Å². The molecule has 1 aromatic carbocycles. The SMILES string of the molecule is COc1ccc(C2OC(COP(=O)([O-])[O-])C(O)C(O)C2O)cc1.[Na+].[Na+]. The molecule has 1 aromatic rings. The van der Waals surface area contributed by atoms with Crippen LogP contribution in [0, 0.1) is 0 Å². The van der Waals surface area contributed by atoms with Gasteiger partial charge in [-0.3, -0.25) is 0 Å². The van der Waals surface area contributed by atoms with Gasteiger partial charge in [-0.2, -0.15) is 0 Å². The average molecular weight is 394 g/mol. The number of hydrogen-bond acceptors (Lipinski definition) is 9. The topological polar surface area (TPSA) is 152 Å². The van der Waals surface area contributed by atoms with Crippen molar-refractivity contribution in [3.8, 4) is 5.75 Å². The fourth-order valence-corrected chi connectivity index (χ4v) is 2.65. The molecule has 130 valence electrons. The van der Waals surface area contributed by atoms with Gasteiger partial charge >= 0.3 is 59.1 Å². The van der Waals surface area contributed by atoms with Crippen LogP contribution in [-0.2, 0) is 13.8 Å². The molecule has 0 aliphatic carbocycles. The van der Waals surface area contributed by atoms with Gasteiger partial charge in [-0.25, -0.2) is 0 Å². The van der Waals surface area contributed by atoms with Crippen molar-refractivity contribution in [3.63, 3.8) is 0 Å². The molecule has 12 heteroatoms. The summed E-state index contributed by atoms with van der Waals surface area (Å²) in [5.74, 6) is 0.568. The van der Waals surface area contributed by atoms with Crippen LogP contribution in [-0.4, -0.2) is 53.5 Å². The Morgan fingerprint density at radius 3 is 2.12 bits per heavy atom. The van der Waals surface area contributed by atoms with Crippen molar-refractivity contribution in [2.45, 2.75) is 30.5 Å². The maximum absolute atomic E-state index is 10.5. The van der Waals surface area contributed by atoms with E-state index < -0.39 is 44.9 Å². The summed E-state index contributed by atoms with van der Waals surface area (Å²) in [6, 6.07) is 6.39. The van der Waals surface area contributed by atoms with Crippen LogP contribution < -0.4 is 73.6 Å². The van der Waals surface area contributed by atoms with Crippen LogP contribution in [0.2, 0.25) is 0 Å². The van der Waals surface area contributed by atoms with Crippen molar-refractivity contribution in [1.29, 1.82) is 0 Å². The molecule has 5 atom stereocenters. The number of methoxy groups -OCH3 is 1. The molecule has 0 aromatic heterocycles. The summed E-state index contributed by atoms with van der Waals surface area (Å²) in [5, 5.41) is 29.8. The molecule has 0 bridgehead atoms. The maximum atomic E-state index is 10.5. The summed E-state index contributed by atoms with van der Waals surface area (Å²) in [5.41, 5.74) is 0.474. The summed E-state index contributed by atoms with van der Waals surface area (Å²) in [7, 11) is -3.76. The van der Waals surface area contributed by atoms with Crippen molar-refractivity contribution in [2.75, 3.05) is 13.7 Å². The van der Waals surface area contributed by atoms with Crippen molar-refractivity contribution in [1.82, 2.24) is 0 Å². The Morgan fingerprint density at radius 1 is 1.08 bits per heavy atom. The van der Waals surface area contributed by atoms with Gasteiger partial charge in [-0.1, -0.05) is 12.1 Å². The van der Waals surface area contributed by atoms with E-state index in [9.17, 15) is 29.7 Å². The summed E-state index contributed by atoms with van der Waals surface area (Å²) >= 11 is 0. The fraction of sp³-hybridized carbons (Fsp3) is 0.538. The van der Waals surface area contributed by atoms with Gasteiger partial charge in [0.25, 0.3) is 0 Å². The number of ether oxygens (including phenoxy) is 2. The van der Waals surface area contributed by atoms with Gasteiger partial charge in [0.05, 0.1) is 21.5 Å². The minimum absolute atomic E-state index is 0. The summed E-state index contributed by atoms with van der Waals surface area (Å²) in [6.07, 6.45) is -6.98. The van der Waals surface area contributed by atoms with Gasteiger partial charge in [-0.15, -0.1) is 0 Å². The molecular weight excluding hydrogens is 377 g/mol. The first kappa shape index (κ1) is 26.0. The molecule has 0 amide bonds. The molecule has 25 heavy (non-hydrogen) atoms. The molecule has 2 rings (SSSR count). The van der Waals surface area contributed by atoms with E-state index in [1.165, 1.54) is 7.11 Å². The van der Waals surface area contributed by atoms with Crippen LogP contribution >= 0.6 is 7.82 Å². The predicted molar refractivity (Wildman–Crippen MR) is 72.2 cm³/mol. The Hall–Kier alpha value is 0.970. The van der Waals surface area contributed by atoms with Crippen molar-refractivity contribution in [2.24, 2.45) is 0 Å². The Morgan fingerprint density at radius 2 is 1.64 bits per heavy atom. The number of phosphoric acid groups is 1. The first-order valence-electron chi connectivity index (χ1n) is 6.73. The van der Waals surface area contributed by atoms with Crippen LogP contribution in [0.25, 0.3) is 0 Å². The van der Waals surface area contributed by atoms with Gasteiger partial charge < -0.3 is 43.7 Å². The third kappa shape index (κ3) is 7.14. The molecule has 1 heterocycles.